The number of aromatic nitrogens is 3. The summed E-state index contributed by atoms with van der Waals surface area (Å²) in [7, 11) is 0. The molecule has 4 aromatic rings. The molecule has 4 heterocycles. The predicted molar refractivity (Wildman–Crippen MR) is 125 cm³/mol. The number of benzene rings is 1. The number of fused-ring (bicyclic) bond motifs is 2. The van der Waals surface area contributed by atoms with Gasteiger partial charge in [-0.15, -0.1) is 11.3 Å². The molecule has 164 valence electrons. The Morgan fingerprint density at radius 1 is 1.16 bits per heavy atom. The standard InChI is InChI=1S/C23H23N5O3S/c1-3-31-23(30)19-14(2)18-20(24-13-25-21(18)32-19)27-8-10-28(11-9-27)22(29)17-12-15-6-4-5-7-16(15)26-17/h4-7,12-13,26H,3,8-11H2,1-2H3. The van der Waals surface area contributed by atoms with Crippen LogP contribution in [0.15, 0.2) is 36.7 Å². The van der Waals surface area contributed by atoms with Crippen LogP contribution in [0.5, 0.6) is 0 Å². The molecule has 5 rings (SSSR count). The minimum Gasteiger partial charge on any atom is -0.462 e. The summed E-state index contributed by atoms with van der Waals surface area (Å²) in [6.45, 7) is 6.53. The Kier molecular flexibility index (Phi) is 5.26. The van der Waals surface area contributed by atoms with Crippen molar-refractivity contribution >= 4 is 50.2 Å². The van der Waals surface area contributed by atoms with E-state index in [1.165, 1.54) is 17.7 Å². The van der Waals surface area contributed by atoms with Crippen molar-refractivity contribution in [2.45, 2.75) is 13.8 Å². The average molecular weight is 450 g/mol. The Labute approximate surface area is 188 Å². The van der Waals surface area contributed by atoms with Crippen molar-refractivity contribution in [2.75, 3.05) is 37.7 Å². The smallest absolute Gasteiger partial charge is 0.348 e. The number of amides is 1. The molecule has 32 heavy (non-hydrogen) atoms. The summed E-state index contributed by atoms with van der Waals surface area (Å²) in [5, 5.41) is 1.92. The number of esters is 1. The topological polar surface area (TPSA) is 91.4 Å². The summed E-state index contributed by atoms with van der Waals surface area (Å²) < 4.78 is 5.19. The minimum atomic E-state index is -0.326. The number of carbonyl (C=O) groups is 2. The molecule has 3 aromatic heterocycles. The number of rotatable bonds is 4. The molecule has 1 aromatic carbocycles. The van der Waals surface area contributed by atoms with E-state index in [0.29, 0.717) is 43.4 Å². The first-order chi connectivity index (χ1) is 15.6. The van der Waals surface area contributed by atoms with Gasteiger partial charge in [0, 0.05) is 37.1 Å². The Bertz CT molecular complexity index is 1290. The van der Waals surface area contributed by atoms with Crippen molar-refractivity contribution in [1.82, 2.24) is 19.9 Å². The van der Waals surface area contributed by atoms with Gasteiger partial charge in [-0.1, -0.05) is 18.2 Å². The summed E-state index contributed by atoms with van der Waals surface area (Å²) >= 11 is 1.33. The maximum absolute atomic E-state index is 13.0. The molecule has 0 saturated carbocycles. The number of para-hydroxylation sites is 1. The fraction of sp³-hybridized carbons (Fsp3) is 0.304. The van der Waals surface area contributed by atoms with Gasteiger partial charge in [0.2, 0.25) is 0 Å². The fourth-order valence-corrected chi connectivity index (χ4v) is 5.20. The highest BCUT2D eigenvalue weighted by molar-refractivity contribution is 7.20. The molecule has 9 heteroatoms. The maximum atomic E-state index is 13.0. The normalized spacial score (nSPS) is 14.3. The zero-order valence-corrected chi connectivity index (χ0v) is 18.7. The van der Waals surface area contributed by atoms with E-state index < -0.39 is 0 Å². The van der Waals surface area contributed by atoms with Crippen LogP contribution < -0.4 is 4.90 Å². The second-order valence-electron chi connectivity index (χ2n) is 7.70. The number of anilines is 1. The van der Waals surface area contributed by atoms with Gasteiger partial charge in [-0.3, -0.25) is 4.79 Å². The van der Waals surface area contributed by atoms with Gasteiger partial charge in [0.05, 0.1) is 12.0 Å². The molecule has 1 fully saturated rings. The number of ether oxygens (including phenoxy) is 1. The first-order valence-electron chi connectivity index (χ1n) is 10.6. The Morgan fingerprint density at radius 2 is 1.94 bits per heavy atom. The lowest BCUT2D eigenvalue weighted by Gasteiger charge is -2.35. The zero-order chi connectivity index (χ0) is 22.2. The first-order valence-corrected chi connectivity index (χ1v) is 11.4. The summed E-state index contributed by atoms with van der Waals surface area (Å²) in [6, 6.07) is 9.79. The number of nitrogens with zero attached hydrogens (tertiary/aromatic N) is 4. The van der Waals surface area contributed by atoms with Crippen LogP contribution in [-0.2, 0) is 4.74 Å². The third kappa shape index (κ3) is 3.48. The van der Waals surface area contributed by atoms with Crippen molar-refractivity contribution in [2.24, 2.45) is 0 Å². The van der Waals surface area contributed by atoms with Crippen molar-refractivity contribution in [1.29, 1.82) is 0 Å². The average Bonchev–Trinajstić information content (AvgIpc) is 3.40. The molecule has 0 spiro atoms. The molecule has 1 aliphatic heterocycles. The van der Waals surface area contributed by atoms with Crippen LogP contribution in [0.1, 0.15) is 32.6 Å². The van der Waals surface area contributed by atoms with Gasteiger partial charge in [0.15, 0.2) is 0 Å². The Hall–Kier alpha value is -3.46. The van der Waals surface area contributed by atoms with Gasteiger partial charge in [-0.2, -0.15) is 0 Å². The lowest BCUT2D eigenvalue weighted by atomic mass is 10.2. The third-order valence-corrected chi connectivity index (χ3v) is 6.97. The lowest BCUT2D eigenvalue weighted by Crippen LogP contribution is -2.49. The number of nitrogens with one attached hydrogen (secondary N) is 1. The van der Waals surface area contributed by atoms with Crippen molar-refractivity contribution in [3.8, 4) is 0 Å². The molecular weight excluding hydrogens is 426 g/mol. The number of carbonyl (C=O) groups excluding carboxylic acids is 2. The van der Waals surface area contributed by atoms with E-state index in [0.717, 1.165) is 32.5 Å². The lowest BCUT2D eigenvalue weighted by molar-refractivity contribution is 0.0531. The summed E-state index contributed by atoms with van der Waals surface area (Å²) in [5.41, 5.74) is 2.41. The number of H-pyrrole nitrogens is 1. The molecule has 0 bridgehead atoms. The summed E-state index contributed by atoms with van der Waals surface area (Å²) in [5.74, 6) is 0.481. The van der Waals surface area contributed by atoms with Crippen LogP contribution in [0.3, 0.4) is 0 Å². The van der Waals surface area contributed by atoms with Crippen LogP contribution in [0.2, 0.25) is 0 Å². The quantitative estimate of drug-likeness (QED) is 0.479. The fourth-order valence-electron chi connectivity index (χ4n) is 4.16. The predicted octanol–water partition coefficient (Wildman–Crippen LogP) is 3.62. The third-order valence-electron chi connectivity index (χ3n) is 5.79. The highest BCUT2D eigenvalue weighted by Crippen LogP contribution is 2.35. The van der Waals surface area contributed by atoms with Crippen molar-refractivity contribution in [3.63, 3.8) is 0 Å². The van der Waals surface area contributed by atoms with Crippen LogP contribution in [0, 0.1) is 6.92 Å². The number of aromatic amines is 1. The van der Waals surface area contributed by atoms with Crippen LogP contribution in [-0.4, -0.2) is 64.5 Å². The largest absolute Gasteiger partial charge is 0.462 e. The number of piperazine rings is 1. The van der Waals surface area contributed by atoms with Gasteiger partial charge >= 0.3 is 5.97 Å². The molecule has 0 radical (unpaired) electrons. The van der Waals surface area contributed by atoms with Crippen LogP contribution in [0.25, 0.3) is 21.1 Å². The molecule has 1 aliphatic rings. The van der Waals surface area contributed by atoms with Gasteiger partial charge in [0.1, 0.15) is 27.5 Å². The second kappa shape index (κ2) is 8.23. The molecule has 1 amide bonds. The summed E-state index contributed by atoms with van der Waals surface area (Å²) in [4.78, 5) is 42.8. The number of aryl methyl sites for hydroxylation is 1. The van der Waals surface area contributed by atoms with E-state index in [1.807, 2.05) is 42.2 Å². The number of hydrogen-bond acceptors (Lipinski definition) is 7. The van der Waals surface area contributed by atoms with Gasteiger partial charge in [-0.05, 0) is 31.5 Å². The molecule has 1 N–H and O–H groups in total. The van der Waals surface area contributed by atoms with Gasteiger partial charge < -0.3 is 19.5 Å². The van der Waals surface area contributed by atoms with Crippen LogP contribution >= 0.6 is 11.3 Å². The highest BCUT2D eigenvalue weighted by atomic mass is 32.1. The monoisotopic (exact) mass is 449 g/mol. The maximum Gasteiger partial charge on any atom is 0.348 e. The summed E-state index contributed by atoms with van der Waals surface area (Å²) in [6.07, 6.45) is 1.53. The van der Waals surface area contributed by atoms with E-state index >= 15 is 0 Å². The van der Waals surface area contributed by atoms with Gasteiger partial charge in [0.25, 0.3) is 5.91 Å². The van der Waals surface area contributed by atoms with Crippen molar-refractivity contribution < 1.29 is 14.3 Å². The molecule has 0 atom stereocenters. The van der Waals surface area contributed by atoms with E-state index in [4.69, 9.17) is 4.74 Å². The van der Waals surface area contributed by atoms with E-state index in [9.17, 15) is 9.59 Å². The van der Waals surface area contributed by atoms with Gasteiger partial charge in [-0.25, -0.2) is 14.8 Å². The van der Waals surface area contributed by atoms with E-state index in [1.54, 1.807) is 6.92 Å². The Balaban J connectivity index is 1.36. The highest BCUT2D eigenvalue weighted by Gasteiger charge is 2.27. The molecule has 0 unspecified atom stereocenters. The molecule has 8 nitrogen and oxygen atoms in total. The number of hydrogen-bond donors (Lipinski definition) is 1. The SMILES string of the molecule is CCOC(=O)c1sc2ncnc(N3CCN(C(=O)c4cc5ccccc5[nH]4)CC3)c2c1C. The number of thiophene rings is 1. The second-order valence-corrected chi connectivity index (χ2v) is 8.70. The molecule has 0 aliphatic carbocycles. The minimum absolute atomic E-state index is 0.00463. The Morgan fingerprint density at radius 3 is 2.69 bits per heavy atom. The first kappa shape index (κ1) is 20.4. The van der Waals surface area contributed by atoms with E-state index in [2.05, 4.69) is 19.9 Å². The molecule has 1 saturated heterocycles. The molecular formula is C23H23N5O3S. The van der Waals surface area contributed by atoms with Crippen molar-refractivity contribution in [3.05, 3.63) is 52.8 Å². The van der Waals surface area contributed by atoms with Crippen LogP contribution in [0.4, 0.5) is 5.82 Å². The zero-order valence-electron chi connectivity index (χ0n) is 17.9. The van der Waals surface area contributed by atoms with E-state index in [-0.39, 0.29) is 11.9 Å².